The third-order valence-electron chi connectivity index (χ3n) is 6.18. The third-order valence-corrected chi connectivity index (χ3v) is 6.18. The second kappa shape index (κ2) is 12.8. The van der Waals surface area contributed by atoms with E-state index in [1.165, 1.54) is 11.1 Å². The maximum Gasteiger partial charge on any atom is 0.414 e. The highest BCUT2D eigenvalue weighted by atomic mass is 16.4. The number of pyridine rings is 1. The van der Waals surface area contributed by atoms with Crippen molar-refractivity contribution in [2.75, 3.05) is 39.3 Å². The number of likely N-dealkylation sites (tertiary alicyclic amines) is 1. The number of piperazine rings is 1. The van der Waals surface area contributed by atoms with Crippen LogP contribution in [0.4, 0.5) is 0 Å². The Balaban J connectivity index is 0.000000481. The van der Waals surface area contributed by atoms with Crippen LogP contribution in [-0.4, -0.2) is 87.0 Å². The summed E-state index contributed by atoms with van der Waals surface area (Å²) in [7, 11) is 0. The molecule has 0 atom stereocenters. The first-order chi connectivity index (χ1) is 16.4. The molecule has 2 aliphatic rings. The van der Waals surface area contributed by atoms with Crippen molar-refractivity contribution >= 4 is 17.8 Å². The van der Waals surface area contributed by atoms with Crippen molar-refractivity contribution in [1.29, 1.82) is 0 Å². The Bertz CT molecular complexity index is 849. The standard InChI is InChI=1S/C23H30N4O.C2H2O4/c28-23(22-8-11-25(12-9-22)19-21-7-4-10-24-17-21)27-15-13-26(14-16-27)18-20-5-2-1-3-6-20;3-1(4)2(5)6/h1-7,10,17,22H,8-9,11-16,18-19H2;(H,3,4)(H,5,6). The molecule has 34 heavy (non-hydrogen) atoms. The first-order valence-corrected chi connectivity index (χ1v) is 11.5. The summed E-state index contributed by atoms with van der Waals surface area (Å²) in [6.07, 6.45) is 5.70. The summed E-state index contributed by atoms with van der Waals surface area (Å²) in [5, 5.41) is 14.8. The lowest BCUT2D eigenvalue weighted by atomic mass is 9.94. The highest BCUT2D eigenvalue weighted by molar-refractivity contribution is 6.27. The maximum atomic E-state index is 13.0. The summed E-state index contributed by atoms with van der Waals surface area (Å²) < 4.78 is 0. The number of hydrogen-bond donors (Lipinski definition) is 2. The number of rotatable bonds is 5. The van der Waals surface area contributed by atoms with Gasteiger partial charge in [0.25, 0.3) is 0 Å². The molecule has 182 valence electrons. The minimum absolute atomic E-state index is 0.200. The van der Waals surface area contributed by atoms with Crippen LogP contribution in [0.1, 0.15) is 24.0 Å². The van der Waals surface area contributed by atoms with E-state index in [1.807, 2.05) is 18.5 Å². The molecule has 0 aliphatic carbocycles. The van der Waals surface area contributed by atoms with Crippen LogP contribution >= 0.6 is 0 Å². The maximum absolute atomic E-state index is 13.0. The fourth-order valence-electron chi connectivity index (χ4n) is 4.31. The van der Waals surface area contributed by atoms with Crippen LogP contribution in [0.5, 0.6) is 0 Å². The number of carboxylic acids is 2. The smallest absolute Gasteiger partial charge is 0.414 e. The van der Waals surface area contributed by atoms with Crippen LogP contribution in [0.3, 0.4) is 0 Å². The Morgan fingerprint density at radius 2 is 1.32 bits per heavy atom. The van der Waals surface area contributed by atoms with Crippen molar-refractivity contribution in [1.82, 2.24) is 19.7 Å². The molecule has 4 rings (SSSR count). The monoisotopic (exact) mass is 468 g/mol. The zero-order valence-corrected chi connectivity index (χ0v) is 19.3. The highest BCUT2D eigenvalue weighted by Crippen LogP contribution is 2.22. The molecule has 2 aromatic rings. The number of carboxylic acid groups (broad SMARTS) is 2. The van der Waals surface area contributed by atoms with E-state index in [4.69, 9.17) is 19.8 Å². The molecule has 1 aromatic carbocycles. The van der Waals surface area contributed by atoms with Crippen LogP contribution in [0.25, 0.3) is 0 Å². The average molecular weight is 469 g/mol. The van der Waals surface area contributed by atoms with Crippen molar-refractivity contribution < 1.29 is 24.6 Å². The summed E-state index contributed by atoms with van der Waals surface area (Å²) in [5.41, 5.74) is 2.60. The molecule has 0 unspecified atom stereocenters. The lowest BCUT2D eigenvalue weighted by molar-refractivity contribution is -0.159. The van der Waals surface area contributed by atoms with Crippen molar-refractivity contribution in [2.24, 2.45) is 5.92 Å². The molecule has 9 heteroatoms. The third kappa shape index (κ3) is 7.93. The van der Waals surface area contributed by atoms with Crippen LogP contribution in [0, 0.1) is 5.92 Å². The molecule has 0 radical (unpaired) electrons. The van der Waals surface area contributed by atoms with Crippen LogP contribution in [0.15, 0.2) is 54.9 Å². The molecule has 0 saturated carbocycles. The molecular weight excluding hydrogens is 436 g/mol. The van der Waals surface area contributed by atoms with Gasteiger partial charge in [-0.1, -0.05) is 36.4 Å². The minimum atomic E-state index is -1.82. The van der Waals surface area contributed by atoms with Crippen LogP contribution < -0.4 is 0 Å². The molecule has 0 spiro atoms. The van der Waals surface area contributed by atoms with Crippen LogP contribution in [0.2, 0.25) is 0 Å². The predicted octanol–water partition coefficient (Wildman–Crippen LogP) is 1.79. The van der Waals surface area contributed by atoms with Crippen molar-refractivity contribution in [3.8, 4) is 0 Å². The quantitative estimate of drug-likeness (QED) is 0.639. The average Bonchev–Trinajstić information content (AvgIpc) is 2.86. The fraction of sp³-hybridized carbons (Fsp3) is 0.440. The van der Waals surface area contributed by atoms with Gasteiger partial charge in [0.1, 0.15) is 0 Å². The molecule has 1 aromatic heterocycles. The summed E-state index contributed by atoms with van der Waals surface area (Å²) >= 11 is 0. The SMILES string of the molecule is O=C(C1CCN(Cc2cccnc2)CC1)N1CCN(Cc2ccccc2)CC1.O=C(O)C(=O)O. The van der Waals surface area contributed by atoms with E-state index in [9.17, 15) is 4.79 Å². The van der Waals surface area contributed by atoms with Gasteiger partial charge in [0.05, 0.1) is 0 Å². The lowest BCUT2D eigenvalue weighted by Gasteiger charge is -2.38. The van der Waals surface area contributed by atoms with Crippen molar-refractivity contribution in [3.05, 3.63) is 66.0 Å². The van der Waals surface area contributed by atoms with Gasteiger partial charge in [-0.3, -0.25) is 19.6 Å². The number of hydrogen-bond acceptors (Lipinski definition) is 6. The van der Waals surface area contributed by atoms with Gasteiger partial charge in [-0.15, -0.1) is 0 Å². The van der Waals surface area contributed by atoms with E-state index >= 15 is 0 Å². The number of amides is 1. The van der Waals surface area contributed by atoms with Gasteiger partial charge in [0, 0.05) is 57.6 Å². The molecular formula is C25H32N4O5. The number of carbonyl (C=O) groups is 3. The van der Waals surface area contributed by atoms with Gasteiger partial charge < -0.3 is 15.1 Å². The topological polar surface area (TPSA) is 114 Å². The first-order valence-electron chi connectivity index (χ1n) is 11.5. The molecule has 0 bridgehead atoms. The summed E-state index contributed by atoms with van der Waals surface area (Å²) in [6, 6.07) is 14.7. The number of benzene rings is 1. The number of nitrogens with zero attached hydrogens (tertiary/aromatic N) is 4. The fourth-order valence-corrected chi connectivity index (χ4v) is 4.31. The molecule has 2 fully saturated rings. The normalized spacial score (nSPS) is 17.5. The highest BCUT2D eigenvalue weighted by Gasteiger charge is 2.30. The number of carbonyl (C=O) groups excluding carboxylic acids is 1. The second-order valence-corrected chi connectivity index (χ2v) is 8.61. The van der Waals surface area contributed by atoms with Gasteiger partial charge in [0.15, 0.2) is 0 Å². The summed E-state index contributed by atoms with van der Waals surface area (Å²) in [6.45, 7) is 7.59. The Morgan fingerprint density at radius 3 is 1.88 bits per heavy atom. The molecule has 2 saturated heterocycles. The molecule has 9 nitrogen and oxygen atoms in total. The lowest BCUT2D eigenvalue weighted by Crippen LogP contribution is -2.51. The van der Waals surface area contributed by atoms with E-state index in [2.05, 4.69) is 56.1 Å². The van der Waals surface area contributed by atoms with Crippen molar-refractivity contribution in [2.45, 2.75) is 25.9 Å². The first kappa shape index (κ1) is 25.3. The zero-order chi connectivity index (χ0) is 24.3. The van der Waals surface area contributed by atoms with Crippen molar-refractivity contribution in [3.63, 3.8) is 0 Å². The minimum Gasteiger partial charge on any atom is -0.473 e. The Hall–Kier alpha value is -3.30. The predicted molar refractivity (Wildman–Crippen MR) is 126 cm³/mol. The molecule has 2 N–H and O–H groups in total. The van der Waals surface area contributed by atoms with E-state index in [-0.39, 0.29) is 5.92 Å². The van der Waals surface area contributed by atoms with E-state index < -0.39 is 11.9 Å². The molecule has 2 aliphatic heterocycles. The van der Waals surface area contributed by atoms with Gasteiger partial charge in [-0.2, -0.15) is 0 Å². The summed E-state index contributed by atoms with van der Waals surface area (Å²) in [4.78, 5) is 42.4. The van der Waals surface area contributed by atoms with Gasteiger partial charge in [0.2, 0.25) is 5.91 Å². The van der Waals surface area contributed by atoms with E-state index in [0.29, 0.717) is 5.91 Å². The molecule has 1 amide bonds. The van der Waals surface area contributed by atoms with Gasteiger partial charge in [-0.25, -0.2) is 9.59 Å². The largest absolute Gasteiger partial charge is 0.473 e. The van der Waals surface area contributed by atoms with E-state index in [1.54, 1.807) is 0 Å². The Morgan fingerprint density at radius 1 is 0.765 bits per heavy atom. The van der Waals surface area contributed by atoms with E-state index in [0.717, 1.165) is 65.2 Å². The van der Waals surface area contributed by atoms with Gasteiger partial charge >= 0.3 is 11.9 Å². The Kier molecular flexibility index (Phi) is 9.54. The summed E-state index contributed by atoms with van der Waals surface area (Å²) in [5.74, 6) is -3.07. The molecule has 3 heterocycles. The van der Waals surface area contributed by atoms with Gasteiger partial charge in [-0.05, 0) is 43.1 Å². The number of piperidine rings is 1. The number of aromatic nitrogens is 1. The number of aliphatic carboxylic acids is 2. The van der Waals surface area contributed by atoms with Crippen LogP contribution in [-0.2, 0) is 27.5 Å². The second-order valence-electron chi connectivity index (χ2n) is 8.61. The zero-order valence-electron chi connectivity index (χ0n) is 19.3. The Labute approximate surface area is 199 Å².